The van der Waals surface area contributed by atoms with Crippen LogP contribution in [-0.2, 0) is 5.33 Å². The molecule has 0 aliphatic heterocycles. The molecule has 3 rings (SSSR count). The number of hydrogen-bond acceptors (Lipinski definition) is 3. The largest absolute Gasteiger partial charge is 0.487 e. The van der Waals surface area contributed by atoms with Crippen LogP contribution in [0.5, 0.6) is 5.75 Å². The maximum atomic E-state index is 11.1. The van der Waals surface area contributed by atoms with E-state index >= 15 is 0 Å². The topological polar surface area (TPSA) is 52.4 Å². The highest BCUT2D eigenvalue weighted by Crippen LogP contribution is 2.48. The van der Waals surface area contributed by atoms with Gasteiger partial charge in [0.05, 0.1) is 11.5 Å². The number of benzene rings is 1. The standard InChI is InChI=1S/C15H18BrNO3/c16-8-11-2-4-14(17(18)19)15(7-11)20-9-13-6-10-1-3-12(13)5-10/h2,4,7,10,12-13H,1,3,5-6,8-9H2. The van der Waals surface area contributed by atoms with Crippen molar-refractivity contribution in [1.82, 2.24) is 0 Å². The first kappa shape index (κ1) is 13.9. The molecule has 0 heterocycles. The Kier molecular flexibility index (Phi) is 3.96. The van der Waals surface area contributed by atoms with E-state index in [1.54, 1.807) is 12.1 Å². The van der Waals surface area contributed by atoms with Crippen molar-refractivity contribution in [3.8, 4) is 5.75 Å². The second-order valence-electron chi connectivity index (χ2n) is 5.94. The molecule has 0 amide bonds. The zero-order valence-electron chi connectivity index (χ0n) is 11.3. The molecule has 0 spiro atoms. The quantitative estimate of drug-likeness (QED) is 0.456. The fourth-order valence-electron chi connectivity index (χ4n) is 3.69. The lowest BCUT2D eigenvalue weighted by Crippen LogP contribution is -2.18. The third-order valence-electron chi connectivity index (χ3n) is 4.71. The first-order valence-corrected chi connectivity index (χ1v) is 8.25. The number of nitro benzene ring substituents is 1. The first-order valence-electron chi connectivity index (χ1n) is 7.13. The molecular weight excluding hydrogens is 322 g/mol. The fraction of sp³-hybridized carbons (Fsp3) is 0.600. The molecule has 20 heavy (non-hydrogen) atoms. The molecule has 4 nitrogen and oxygen atoms in total. The van der Waals surface area contributed by atoms with Crippen LogP contribution in [0.2, 0.25) is 0 Å². The lowest BCUT2D eigenvalue weighted by molar-refractivity contribution is -0.385. The van der Waals surface area contributed by atoms with E-state index in [-0.39, 0.29) is 10.6 Å². The van der Waals surface area contributed by atoms with Crippen LogP contribution in [0.4, 0.5) is 5.69 Å². The van der Waals surface area contributed by atoms with Gasteiger partial charge in [-0.05, 0) is 48.6 Å². The van der Waals surface area contributed by atoms with Gasteiger partial charge in [0.2, 0.25) is 0 Å². The van der Waals surface area contributed by atoms with Crippen LogP contribution < -0.4 is 4.74 Å². The van der Waals surface area contributed by atoms with Crippen molar-refractivity contribution in [3.63, 3.8) is 0 Å². The Morgan fingerprint density at radius 2 is 2.20 bits per heavy atom. The SMILES string of the molecule is O=[N+]([O-])c1ccc(CBr)cc1OCC1CC2CCC1C2. The summed E-state index contributed by atoms with van der Waals surface area (Å²) in [6, 6.07) is 5.07. The van der Waals surface area contributed by atoms with Gasteiger partial charge >= 0.3 is 5.69 Å². The van der Waals surface area contributed by atoms with Crippen LogP contribution in [-0.4, -0.2) is 11.5 Å². The minimum absolute atomic E-state index is 0.0675. The van der Waals surface area contributed by atoms with Crippen LogP contribution >= 0.6 is 15.9 Å². The Labute approximate surface area is 126 Å². The number of fused-ring (bicyclic) bond motifs is 2. The molecule has 2 saturated carbocycles. The van der Waals surface area contributed by atoms with Crippen LogP contribution in [0.15, 0.2) is 18.2 Å². The Hall–Kier alpha value is -1.10. The minimum atomic E-state index is -0.367. The molecule has 0 aromatic heterocycles. The summed E-state index contributed by atoms with van der Waals surface area (Å²) in [5.41, 5.74) is 1.07. The van der Waals surface area contributed by atoms with Gasteiger partial charge in [0.25, 0.3) is 0 Å². The average molecular weight is 340 g/mol. The van der Waals surface area contributed by atoms with E-state index < -0.39 is 0 Å². The maximum absolute atomic E-state index is 11.1. The third-order valence-corrected chi connectivity index (χ3v) is 5.36. The molecule has 0 N–H and O–H groups in total. The number of alkyl halides is 1. The molecule has 108 valence electrons. The van der Waals surface area contributed by atoms with Crippen molar-refractivity contribution >= 4 is 21.6 Å². The van der Waals surface area contributed by atoms with Gasteiger partial charge < -0.3 is 4.74 Å². The van der Waals surface area contributed by atoms with E-state index in [2.05, 4.69) is 15.9 Å². The number of nitro groups is 1. The Morgan fingerprint density at radius 3 is 2.80 bits per heavy atom. The van der Waals surface area contributed by atoms with Gasteiger partial charge in [-0.2, -0.15) is 0 Å². The predicted molar refractivity (Wildman–Crippen MR) is 80.2 cm³/mol. The zero-order valence-corrected chi connectivity index (χ0v) is 12.8. The zero-order chi connectivity index (χ0) is 14.1. The summed E-state index contributed by atoms with van der Waals surface area (Å²) in [4.78, 5) is 10.7. The second-order valence-corrected chi connectivity index (χ2v) is 6.50. The first-order chi connectivity index (χ1) is 9.67. The molecule has 5 heteroatoms. The molecule has 3 unspecified atom stereocenters. The van der Waals surface area contributed by atoms with Gasteiger partial charge in [-0.25, -0.2) is 0 Å². The number of hydrogen-bond donors (Lipinski definition) is 0. The highest BCUT2D eigenvalue weighted by molar-refractivity contribution is 9.08. The highest BCUT2D eigenvalue weighted by Gasteiger charge is 2.39. The molecule has 0 radical (unpaired) electrons. The van der Waals surface area contributed by atoms with Crippen LogP contribution in [0.25, 0.3) is 0 Å². The third kappa shape index (κ3) is 2.68. The van der Waals surface area contributed by atoms with Crippen molar-refractivity contribution in [2.75, 3.05) is 6.61 Å². The predicted octanol–water partition coefficient (Wildman–Crippen LogP) is 4.30. The number of ether oxygens (including phenoxy) is 1. The van der Waals surface area contributed by atoms with Gasteiger partial charge in [-0.3, -0.25) is 10.1 Å². The lowest BCUT2D eigenvalue weighted by atomic mass is 9.89. The van der Waals surface area contributed by atoms with Gasteiger partial charge in [-0.1, -0.05) is 28.4 Å². The Bertz CT molecular complexity index is 520. The molecular formula is C15H18BrNO3. The van der Waals surface area contributed by atoms with E-state index in [1.165, 1.54) is 31.7 Å². The van der Waals surface area contributed by atoms with E-state index in [4.69, 9.17) is 4.74 Å². The normalized spacial score (nSPS) is 27.8. The summed E-state index contributed by atoms with van der Waals surface area (Å²) in [6.07, 6.45) is 5.23. The second kappa shape index (κ2) is 5.72. The summed E-state index contributed by atoms with van der Waals surface area (Å²) in [5.74, 6) is 2.64. The van der Waals surface area contributed by atoms with Gasteiger partial charge in [0.1, 0.15) is 0 Å². The summed E-state index contributed by atoms with van der Waals surface area (Å²) >= 11 is 3.37. The van der Waals surface area contributed by atoms with Crippen molar-refractivity contribution in [2.24, 2.45) is 17.8 Å². The van der Waals surface area contributed by atoms with E-state index in [0.717, 1.165) is 17.4 Å². The molecule has 2 bridgehead atoms. The summed E-state index contributed by atoms with van der Waals surface area (Å²) in [5, 5.41) is 11.7. The number of nitrogens with zero attached hydrogens (tertiary/aromatic N) is 1. The van der Waals surface area contributed by atoms with Crippen molar-refractivity contribution in [1.29, 1.82) is 0 Å². The molecule has 1 aromatic rings. The van der Waals surface area contributed by atoms with Gasteiger partial charge in [0.15, 0.2) is 5.75 Å². The van der Waals surface area contributed by atoms with Crippen molar-refractivity contribution < 1.29 is 9.66 Å². The van der Waals surface area contributed by atoms with Crippen LogP contribution in [0.1, 0.15) is 31.2 Å². The number of rotatable bonds is 5. The van der Waals surface area contributed by atoms with Crippen molar-refractivity contribution in [2.45, 2.75) is 31.0 Å². The van der Waals surface area contributed by atoms with Gasteiger partial charge in [-0.15, -0.1) is 0 Å². The molecule has 2 aliphatic rings. The van der Waals surface area contributed by atoms with E-state index in [1.807, 2.05) is 0 Å². The maximum Gasteiger partial charge on any atom is 0.310 e. The monoisotopic (exact) mass is 339 g/mol. The summed E-state index contributed by atoms with van der Waals surface area (Å²) < 4.78 is 5.82. The Balaban J connectivity index is 1.71. The van der Waals surface area contributed by atoms with Crippen LogP contribution in [0, 0.1) is 27.9 Å². The fourth-order valence-corrected chi connectivity index (χ4v) is 4.03. The molecule has 2 fully saturated rings. The molecule has 0 saturated heterocycles. The molecule has 3 atom stereocenters. The minimum Gasteiger partial charge on any atom is -0.487 e. The van der Waals surface area contributed by atoms with Gasteiger partial charge in [0, 0.05) is 11.4 Å². The molecule has 2 aliphatic carbocycles. The number of halogens is 1. The summed E-state index contributed by atoms with van der Waals surface area (Å²) in [7, 11) is 0. The summed E-state index contributed by atoms with van der Waals surface area (Å²) in [6.45, 7) is 0.619. The smallest absolute Gasteiger partial charge is 0.310 e. The average Bonchev–Trinajstić information content (AvgIpc) is 3.07. The Morgan fingerprint density at radius 1 is 1.35 bits per heavy atom. The molecule has 1 aromatic carbocycles. The highest BCUT2D eigenvalue weighted by atomic mass is 79.9. The lowest BCUT2D eigenvalue weighted by Gasteiger charge is -2.21. The van der Waals surface area contributed by atoms with E-state index in [0.29, 0.717) is 23.6 Å². The van der Waals surface area contributed by atoms with E-state index in [9.17, 15) is 10.1 Å². The van der Waals surface area contributed by atoms with Crippen LogP contribution in [0.3, 0.4) is 0 Å². The van der Waals surface area contributed by atoms with Crippen molar-refractivity contribution in [3.05, 3.63) is 33.9 Å².